The van der Waals surface area contributed by atoms with Crippen molar-refractivity contribution in [1.82, 2.24) is 0 Å². The molecule has 0 radical (unpaired) electrons. The molecule has 0 aromatic carbocycles. The summed E-state index contributed by atoms with van der Waals surface area (Å²) in [5, 5.41) is 0. The summed E-state index contributed by atoms with van der Waals surface area (Å²) >= 11 is -5.25. The van der Waals surface area contributed by atoms with Crippen LogP contribution in [0.25, 0.3) is 0 Å². The quantitative estimate of drug-likeness (QED) is 0.267. The molecule has 11 heavy (non-hydrogen) atoms. The van der Waals surface area contributed by atoms with Crippen LogP contribution in [-0.4, -0.2) is 74.7 Å². The third-order valence-corrected chi connectivity index (χ3v) is 0. The molecule has 0 atom stereocenters. The minimum atomic E-state index is -5.25. The van der Waals surface area contributed by atoms with Crippen LogP contribution in [0.3, 0.4) is 0 Å². The summed E-state index contributed by atoms with van der Waals surface area (Å²) in [6, 6.07) is 0. The van der Waals surface area contributed by atoms with Crippen molar-refractivity contribution in [3.63, 3.8) is 0 Å². The van der Waals surface area contributed by atoms with Gasteiger partial charge in [0.05, 0.1) is 0 Å². The third-order valence-electron chi connectivity index (χ3n) is 0. The Balaban J connectivity index is -0.000000107. The summed E-state index contributed by atoms with van der Waals surface area (Å²) in [6.45, 7) is 0. The van der Waals surface area contributed by atoms with Gasteiger partial charge in [0.1, 0.15) is 0 Å². The van der Waals surface area contributed by atoms with Gasteiger partial charge in [0, 0.05) is 0 Å². The summed E-state index contributed by atoms with van der Waals surface area (Å²) in [5.41, 5.74) is 0. The predicted octanol–water partition coefficient (Wildman–Crippen LogP) is -2.92. The molecule has 0 aliphatic rings. The normalized spacial score (nSPS) is 10.5. The summed E-state index contributed by atoms with van der Waals surface area (Å²) in [7, 11) is -4.67. The second-order valence-corrected chi connectivity index (χ2v) is 3.19. The molecule has 0 bridgehead atoms. The average Bonchev–Trinajstić information content (AvgIpc) is 1.12. The molecule has 0 spiro atoms. The Bertz CT molecular complexity index is 210. The fourth-order valence-corrected chi connectivity index (χ4v) is 0. The van der Waals surface area contributed by atoms with Gasteiger partial charge in [0.2, 0.25) is 0 Å². The Hall–Kier alpha value is 1.49. The number of rotatable bonds is 0. The van der Waals surface area contributed by atoms with E-state index in [2.05, 4.69) is 0 Å². The van der Waals surface area contributed by atoms with Crippen LogP contribution >= 0.6 is 0 Å². The fourth-order valence-electron chi connectivity index (χ4n) is 0. The number of hydrogen-bond donors (Lipinski definition) is 4. The molecule has 0 unspecified atom stereocenters. The van der Waals surface area contributed by atoms with Crippen molar-refractivity contribution < 1.29 is 47.1 Å². The first-order valence-electron chi connectivity index (χ1n) is 1.40. The Kier molecular flexibility index (Phi) is 11.6. The van der Waals surface area contributed by atoms with E-state index < -0.39 is 24.0 Å². The first-order chi connectivity index (χ1) is 4.00. The van der Waals surface area contributed by atoms with E-state index >= 15 is 0 Å². The van der Waals surface area contributed by atoms with Crippen LogP contribution in [0.15, 0.2) is 0 Å². The summed E-state index contributed by atoms with van der Waals surface area (Å²) < 4.78 is 63.5. The molecule has 0 aromatic rings. The Morgan fingerprint density at radius 3 is 1.00 bits per heavy atom. The molecular formula is H6BaCrO8S. The molecule has 0 amide bonds. The zero-order valence-corrected chi connectivity index (χ0v) is 6.33. The van der Waals surface area contributed by atoms with Crippen molar-refractivity contribution in [1.29, 1.82) is 0 Å². The average molecular weight is 355 g/mol. The van der Waals surface area contributed by atoms with Crippen molar-refractivity contribution in [3.05, 3.63) is 0 Å². The van der Waals surface area contributed by atoms with E-state index in [4.69, 9.17) is 33.4 Å². The second-order valence-electron chi connectivity index (χ2n) is 0.896. The molecule has 0 saturated heterocycles. The van der Waals surface area contributed by atoms with Crippen LogP contribution in [0.5, 0.6) is 0 Å². The molecule has 0 saturated carbocycles. The van der Waals surface area contributed by atoms with Gasteiger partial charge in [-0.3, -0.25) is 9.11 Å². The van der Waals surface area contributed by atoms with Gasteiger partial charge >= 0.3 is 88.8 Å². The molecule has 68 valence electrons. The molecule has 8 nitrogen and oxygen atoms in total. The first-order valence-corrected chi connectivity index (χ1v) is 4.98. The predicted molar refractivity (Wildman–Crippen MR) is 28.5 cm³/mol. The topological polar surface area (TPSA) is 149 Å². The van der Waals surface area contributed by atoms with Gasteiger partial charge in [-0.2, -0.15) is 8.42 Å². The Morgan fingerprint density at radius 2 is 1.00 bits per heavy atom. The van der Waals surface area contributed by atoms with Crippen LogP contribution in [0.1, 0.15) is 0 Å². The Morgan fingerprint density at radius 1 is 1.00 bits per heavy atom. The van der Waals surface area contributed by atoms with Crippen LogP contribution in [0.4, 0.5) is 0 Å². The van der Waals surface area contributed by atoms with Crippen LogP contribution < -0.4 is 0 Å². The number of hydrogen-bond acceptors (Lipinski definition) is 4. The molecule has 4 N–H and O–H groups in total. The van der Waals surface area contributed by atoms with Gasteiger partial charge in [-0.1, -0.05) is 0 Å². The van der Waals surface area contributed by atoms with Gasteiger partial charge in [0.25, 0.3) is 0 Å². The molecule has 0 aliphatic carbocycles. The molecule has 0 aliphatic heterocycles. The van der Waals surface area contributed by atoms with E-state index in [1.807, 2.05) is 0 Å². The minimum absolute atomic E-state index is 0. The third kappa shape index (κ3) is 464. The maximum atomic E-state index is 8.82. The molecule has 0 fully saturated rings. The second kappa shape index (κ2) is 6.95. The van der Waals surface area contributed by atoms with Crippen molar-refractivity contribution in [2.24, 2.45) is 0 Å². The van der Waals surface area contributed by atoms with Crippen molar-refractivity contribution >= 4 is 59.3 Å². The van der Waals surface area contributed by atoms with E-state index in [0.717, 1.165) is 0 Å². The van der Waals surface area contributed by atoms with Gasteiger partial charge in [-0.05, 0) is 0 Å². The summed E-state index contributed by atoms with van der Waals surface area (Å²) in [4.78, 5) is 0. The van der Waals surface area contributed by atoms with Crippen LogP contribution in [0, 0.1) is 0 Å². The zero-order chi connectivity index (χ0) is 9.00. The monoisotopic (exact) mass is 356 g/mol. The zero-order valence-electron chi connectivity index (χ0n) is 4.24. The summed E-state index contributed by atoms with van der Waals surface area (Å²) in [5.74, 6) is 0. The van der Waals surface area contributed by atoms with E-state index in [0.29, 0.717) is 0 Å². The molecule has 0 rings (SSSR count). The van der Waals surface area contributed by atoms with E-state index in [1.165, 1.54) is 0 Å². The van der Waals surface area contributed by atoms with Gasteiger partial charge in [-0.25, -0.2) is 0 Å². The standard InChI is InChI=1S/Ba.Cr.H2O4S.2H2O.2O.2H/c;;1-5(2,3)4;;;;;;/h;;(H2,1,2,3,4);2*1H2;;;;/q;+2;;;;;;;/p-2. The molecule has 11 heteroatoms. The van der Waals surface area contributed by atoms with Gasteiger partial charge in [-0.15, -0.1) is 0 Å². The van der Waals surface area contributed by atoms with Crippen LogP contribution in [0.2, 0.25) is 0 Å². The molecule has 0 heterocycles. The van der Waals surface area contributed by atoms with E-state index in [9.17, 15) is 0 Å². The Labute approximate surface area is 105 Å². The summed E-state index contributed by atoms with van der Waals surface area (Å²) in [6.07, 6.45) is 0. The maximum absolute atomic E-state index is 8.82. The van der Waals surface area contributed by atoms with Gasteiger partial charge < -0.3 is 0 Å². The van der Waals surface area contributed by atoms with Crippen molar-refractivity contribution in [2.75, 3.05) is 0 Å². The van der Waals surface area contributed by atoms with Gasteiger partial charge in [0.15, 0.2) is 0 Å². The van der Waals surface area contributed by atoms with Crippen molar-refractivity contribution in [2.45, 2.75) is 0 Å². The fraction of sp³-hybridized carbons (Fsp3) is 0. The van der Waals surface area contributed by atoms with Crippen LogP contribution in [-0.2, 0) is 31.6 Å². The molecule has 0 aromatic heterocycles. The molecular weight excluding hydrogens is 349 g/mol. The SMILES string of the molecule is O=S(=O)(O)O.[BaH2].[O]=[Cr](=[O])([OH])[OH]. The van der Waals surface area contributed by atoms with Crippen molar-refractivity contribution in [3.8, 4) is 0 Å². The first kappa shape index (κ1) is 18.3. The van der Waals surface area contributed by atoms with E-state index in [-0.39, 0.29) is 48.9 Å². The van der Waals surface area contributed by atoms with E-state index in [1.54, 1.807) is 0 Å².